The first-order chi connectivity index (χ1) is 6.07. The van der Waals surface area contributed by atoms with E-state index in [1.165, 1.54) is 17.8 Å². The smallest absolute Gasteiger partial charge is 0.340 e. The van der Waals surface area contributed by atoms with Gasteiger partial charge >= 0.3 is 5.97 Å². The highest BCUT2D eigenvalue weighted by atomic mass is 32.2. The molecular weight excluding hydrogens is 193 g/mol. The summed E-state index contributed by atoms with van der Waals surface area (Å²) < 4.78 is 12.9. The van der Waals surface area contributed by atoms with Crippen LogP contribution in [0.25, 0.3) is 0 Å². The second-order valence-electron chi connectivity index (χ2n) is 2.34. The molecule has 0 aliphatic carbocycles. The standard InChI is InChI=1S/C8H8FNO2S/c1-13-5-3-2-4(9)6(7(5)10)8(11)12/h2-3H,10H2,1H3,(H,11,12). The van der Waals surface area contributed by atoms with Crippen LogP contribution in [0.4, 0.5) is 10.1 Å². The first kappa shape index (κ1) is 9.85. The topological polar surface area (TPSA) is 63.3 Å². The van der Waals surface area contributed by atoms with Gasteiger partial charge in [-0.25, -0.2) is 9.18 Å². The fourth-order valence-electron chi connectivity index (χ4n) is 0.969. The summed E-state index contributed by atoms with van der Waals surface area (Å²) in [7, 11) is 0. The van der Waals surface area contributed by atoms with E-state index in [0.29, 0.717) is 4.90 Å². The minimum Gasteiger partial charge on any atom is -0.478 e. The first-order valence-electron chi connectivity index (χ1n) is 3.43. The number of carboxylic acids is 1. The molecule has 13 heavy (non-hydrogen) atoms. The molecule has 1 aromatic carbocycles. The van der Waals surface area contributed by atoms with Crippen molar-refractivity contribution in [2.45, 2.75) is 4.90 Å². The van der Waals surface area contributed by atoms with Crippen molar-refractivity contribution in [1.82, 2.24) is 0 Å². The van der Waals surface area contributed by atoms with E-state index in [2.05, 4.69) is 0 Å². The average Bonchev–Trinajstić information content (AvgIpc) is 2.04. The van der Waals surface area contributed by atoms with Gasteiger partial charge in [0.05, 0.1) is 5.69 Å². The van der Waals surface area contributed by atoms with Crippen LogP contribution in [0.15, 0.2) is 17.0 Å². The van der Waals surface area contributed by atoms with Gasteiger partial charge in [-0.2, -0.15) is 0 Å². The second kappa shape index (κ2) is 3.66. The predicted octanol–water partition coefficient (Wildman–Crippen LogP) is 1.83. The van der Waals surface area contributed by atoms with Gasteiger partial charge in [0, 0.05) is 4.90 Å². The highest BCUT2D eigenvalue weighted by molar-refractivity contribution is 7.98. The number of thioether (sulfide) groups is 1. The summed E-state index contributed by atoms with van der Waals surface area (Å²) in [5, 5.41) is 8.64. The number of nitrogens with two attached hydrogens (primary N) is 1. The first-order valence-corrected chi connectivity index (χ1v) is 4.65. The maximum absolute atomic E-state index is 12.9. The number of hydrogen-bond acceptors (Lipinski definition) is 3. The normalized spacial score (nSPS) is 10.0. The van der Waals surface area contributed by atoms with Gasteiger partial charge in [-0.3, -0.25) is 0 Å². The Balaban J connectivity index is 3.38. The molecule has 0 heterocycles. The summed E-state index contributed by atoms with van der Waals surface area (Å²) >= 11 is 1.28. The molecule has 0 saturated carbocycles. The van der Waals surface area contributed by atoms with Crippen molar-refractivity contribution in [1.29, 1.82) is 0 Å². The lowest BCUT2D eigenvalue weighted by molar-refractivity contribution is 0.0693. The number of halogens is 1. The Kier molecular flexibility index (Phi) is 2.77. The van der Waals surface area contributed by atoms with Crippen LogP contribution in [0.3, 0.4) is 0 Å². The molecule has 3 nitrogen and oxygen atoms in total. The van der Waals surface area contributed by atoms with Crippen LogP contribution >= 0.6 is 11.8 Å². The van der Waals surface area contributed by atoms with Crippen molar-refractivity contribution >= 4 is 23.4 Å². The van der Waals surface area contributed by atoms with Crippen LogP contribution in [-0.2, 0) is 0 Å². The zero-order valence-electron chi connectivity index (χ0n) is 6.87. The van der Waals surface area contributed by atoms with E-state index < -0.39 is 17.3 Å². The molecule has 0 unspecified atom stereocenters. The van der Waals surface area contributed by atoms with E-state index in [9.17, 15) is 9.18 Å². The van der Waals surface area contributed by atoms with Gasteiger partial charge in [0.15, 0.2) is 0 Å². The summed E-state index contributed by atoms with van der Waals surface area (Å²) in [6, 6.07) is 2.56. The van der Waals surface area contributed by atoms with Gasteiger partial charge < -0.3 is 10.8 Å². The molecule has 0 radical (unpaired) electrons. The number of benzene rings is 1. The lowest BCUT2D eigenvalue weighted by atomic mass is 10.2. The summed E-state index contributed by atoms with van der Waals surface area (Å²) in [4.78, 5) is 11.1. The largest absolute Gasteiger partial charge is 0.478 e. The van der Waals surface area contributed by atoms with Crippen molar-refractivity contribution in [2.75, 3.05) is 12.0 Å². The summed E-state index contributed by atoms with van der Waals surface area (Å²) in [6.07, 6.45) is 1.75. The van der Waals surface area contributed by atoms with Gasteiger partial charge in [0.1, 0.15) is 11.4 Å². The zero-order chi connectivity index (χ0) is 10.0. The number of nitrogen functional groups attached to an aromatic ring is 1. The number of rotatable bonds is 2. The van der Waals surface area contributed by atoms with Crippen LogP contribution in [0.2, 0.25) is 0 Å². The predicted molar refractivity (Wildman–Crippen MR) is 49.6 cm³/mol. The van der Waals surface area contributed by atoms with E-state index in [1.807, 2.05) is 0 Å². The second-order valence-corrected chi connectivity index (χ2v) is 3.19. The molecule has 0 aliphatic heterocycles. The molecule has 0 fully saturated rings. The van der Waals surface area contributed by atoms with Crippen LogP contribution < -0.4 is 5.73 Å². The molecule has 70 valence electrons. The van der Waals surface area contributed by atoms with Crippen molar-refractivity contribution in [2.24, 2.45) is 0 Å². The Bertz CT molecular complexity index is 354. The maximum Gasteiger partial charge on any atom is 0.340 e. The minimum atomic E-state index is -1.34. The zero-order valence-corrected chi connectivity index (χ0v) is 7.69. The highest BCUT2D eigenvalue weighted by Crippen LogP contribution is 2.27. The molecule has 0 amide bonds. The van der Waals surface area contributed by atoms with E-state index in [4.69, 9.17) is 10.8 Å². The van der Waals surface area contributed by atoms with E-state index in [-0.39, 0.29) is 5.69 Å². The highest BCUT2D eigenvalue weighted by Gasteiger charge is 2.16. The van der Waals surface area contributed by atoms with Gasteiger partial charge in [0.2, 0.25) is 0 Å². The lowest BCUT2D eigenvalue weighted by Crippen LogP contribution is -2.06. The van der Waals surface area contributed by atoms with E-state index in [1.54, 1.807) is 6.26 Å². The quantitative estimate of drug-likeness (QED) is 0.566. The van der Waals surface area contributed by atoms with Crippen molar-refractivity contribution < 1.29 is 14.3 Å². The monoisotopic (exact) mass is 201 g/mol. The molecule has 0 atom stereocenters. The summed E-state index contributed by atoms with van der Waals surface area (Å²) in [5.74, 6) is -2.14. The van der Waals surface area contributed by atoms with Crippen LogP contribution in [0.1, 0.15) is 10.4 Å². The summed E-state index contributed by atoms with van der Waals surface area (Å²) in [5.41, 5.74) is 4.99. The Hall–Kier alpha value is -1.23. The van der Waals surface area contributed by atoms with Crippen LogP contribution in [0, 0.1) is 5.82 Å². The number of hydrogen-bond donors (Lipinski definition) is 2. The number of aromatic carboxylic acids is 1. The van der Waals surface area contributed by atoms with Gasteiger partial charge in [-0.05, 0) is 18.4 Å². The molecule has 0 saturated heterocycles. The number of carbonyl (C=O) groups is 1. The van der Waals surface area contributed by atoms with Gasteiger partial charge in [-0.1, -0.05) is 0 Å². The Morgan fingerprint density at radius 1 is 1.62 bits per heavy atom. The Morgan fingerprint density at radius 2 is 2.23 bits per heavy atom. The van der Waals surface area contributed by atoms with Gasteiger partial charge in [0.25, 0.3) is 0 Å². The SMILES string of the molecule is CSc1ccc(F)c(C(=O)O)c1N. The lowest BCUT2D eigenvalue weighted by Gasteiger charge is -2.06. The molecular formula is C8H8FNO2S. The van der Waals surface area contributed by atoms with Crippen LogP contribution in [-0.4, -0.2) is 17.3 Å². The minimum absolute atomic E-state index is 0.0139. The summed E-state index contributed by atoms with van der Waals surface area (Å²) in [6.45, 7) is 0. The molecule has 0 aliphatic rings. The fourth-order valence-corrected chi connectivity index (χ4v) is 1.50. The molecule has 3 N–H and O–H groups in total. The third kappa shape index (κ3) is 1.75. The Labute approximate surface area is 78.7 Å². The van der Waals surface area contributed by atoms with Gasteiger partial charge in [-0.15, -0.1) is 11.8 Å². The van der Waals surface area contributed by atoms with Crippen molar-refractivity contribution in [3.05, 3.63) is 23.5 Å². The average molecular weight is 201 g/mol. The van der Waals surface area contributed by atoms with Crippen LogP contribution in [0.5, 0.6) is 0 Å². The molecule has 0 bridgehead atoms. The van der Waals surface area contributed by atoms with Crippen molar-refractivity contribution in [3.8, 4) is 0 Å². The fraction of sp³-hybridized carbons (Fsp3) is 0.125. The number of carboxylic acid groups (broad SMARTS) is 1. The van der Waals surface area contributed by atoms with E-state index >= 15 is 0 Å². The third-order valence-corrected chi connectivity index (χ3v) is 2.38. The molecule has 1 aromatic rings. The third-order valence-electron chi connectivity index (χ3n) is 1.59. The van der Waals surface area contributed by atoms with E-state index in [0.717, 1.165) is 6.07 Å². The molecule has 0 spiro atoms. The Morgan fingerprint density at radius 3 is 2.69 bits per heavy atom. The van der Waals surface area contributed by atoms with Crippen molar-refractivity contribution in [3.63, 3.8) is 0 Å². The molecule has 1 rings (SSSR count). The maximum atomic E-state index is 12.9. The molecule has 0 aromatic heterocycles. The number of anilines is 1. The molecule has 5 heteroatoms.